The van der Waals surface area contributed by atoms with Crippen LogP contribution >= 0.6 is 11.3 Å². The number of aliphatic hydroxyl groups excluding tert-OH is 5. The first-order chi connectivity index (χ1) is 17.1. The van der Waals surface area contributed by atoms with Crippen LogP contribution in [0.25, 0.3) is 6.08 Å². The van der Waals surface area contributed by atoms with Gasteiger partial charge in [0.2, 0.25) is 0 Å². The number of carbonyl (C=O) groups is 2. The van der Waals surface area contributed by atoms with Gasteiger partial charge in [-0.05, 0) is 44.3 Å². The summed E-state index contributed by atoms with van der Waals surface area (Å²) in [6.07, 6.45) is -2.62. The molecule has 0 fully saturated rings. The largest absolute Gasteiger partial charge is 0.469 e. The summed E-state index contributed by atoms with van der Waals surface area (Å²) in [6.45, 7) is 10.1. The van der Waals surface area contributed by atoms with Gasteiger partial charge in [-0.1, -0.05) is 34.1 Å². The lowest BCUT2D eigenvalue weighted by atomic mass is 9.73. The molecule has 212 valence electrons. The summed E-state index contributed by atoms with van der Waals surface area (Å²) < 4.78 is 4.56. The van der Waals surface area contributed by atoms with Crippen LogP contribution in [0, 0.1) is 24.2 Å². The van der Waals surface area contributed by atoms with E-state index in [0.717, 1.165) is 10.7 Å². The molecule has 0 amide bonds. The molecular formula is C27H45NO8S. The maximum atomic E-state index is 13.0. The lowest BCUT2D eigenvalue weighted by Crippen LogP contribution is -2.45. The summed E-state index contributed by atoms with van der Waals surface area (Å²) in [6, 6.07) is 0. The summed E-state index contributed by atoms with van der Waals surface area (Å²) in [5.74, 6) is -2.04. The third kappa shape index (κ3) is 10.2. The summed E-state index contributed by atoms with van der Waals surface area (Å²) in [7, 11) is 1.21. The monoisotopic (exact) mass is 543 g/mol. The number of methoxy groups -OCH3 is 1. The van der Waals surface area contributed by atoms with Gasteiger partial charge < -0.3 is 30.3 Å². The first-order valence-corrected chi connectivity index (χ1v) is 13.6. The lowest BCUT2D eigenvalue weighted by Gasteiger charge is -2.34. The molecule has 5 N–H and O–H groups in total. The zero-order valence-corrected chi connectivity index (χ0v) is 23.9. The average Bonchev–Trinajstić information content (AvgIpc) is 3.25. The Kier molecular flexibility index (Phi) is 13.6. The highest BCUT2D eigenvalue weighted by Crippen LogP contribution is 2.32. The van der Waals surface area contributed by atoms with Crippen LogP contribution < -0.4 is 0 Å². The molecule has 9 nitrogen and oxygen atoms in total. The van der Waals surface area contributed by atoms with Crippen molar-refractivity contribution >= 4 is 29.2 Å². The van der Waals surface area contributed by atoms with E-state index in [0.29, 0.717) is 18.4 Å². The molecule has 0 aliphatic rings. The number of Topliss-reactive ketones (excluding diaryl/α,β-unsaturated/α-hetero) is 1. The number of ether oxygens (including phenoxy) is 1. The molecule has 0 aliphatic heterocycles. The Labute approximate surface area is 224 Å². The van der Waals surface area contributed by atoms with Crippen LogP contribution in [0.15, 0.2) is 11.0 Å². The zero-order chi connectivity index (χ0) is 28.5. The standard InChI is InChI=1S/C27H45NO8S/c1-15(25(34)17(3)26(35)27(5,6)23(32)13-24(33)36-7)9-8-10-20(29)22(31)12-21(30)16(2)11-19-14-37-18(4)28-19/h11,14-15,17,20-23,25,29-32,34H,8-10,12-13H2,1-7H3/t15-,17+,20?,21-,22?,23-,25-/m0/s1. The van der Waals surface area contributed by atoms with Gasteiger partial charge in [-0.3, -0.25) is 9.59 Å². The number of esters is 1. The molecule has 1 heterocycles. The second-order valence-corrected chi connectivity index (χ2v) is 11.7. The van der Waals surface area contributed by atoms with Gasteiger partial charge in [-0.25, -0.2) is 4.98 Å². The summed E-state index contributed by atoms with van der Waals surface area (Å²) in [5, 5.41) is 55.1. The van der Waals surface area contributed by atoms with E-state index in [2.05, 4.69) is 9.72 Å². The molecule has 10 heteroatoms. The first kappa shape index (κ1) is 33.3. The maximum absolute atomic E-state index is 13.0. The third-order valence-corrected chi connectivity index (χ3v) is 7.96. The quantitative estimate of drug-likeness (QED) is 0.198. The van der Waals surface area contributed by atoms with Gasteiger partial charge in [0.15, 0.2) is 0 Å². The van der Waals surface area contributed by atoms with Crippen LogP contribution in [0.1, 0.15) is 77.4 Å². The topological polar surface area (TPSA) is 157 Å². The van der Waals surface area contributed by atoms with Gasteiger partial charge >= 0.3 is 5.97 Å². The van der Waals surface area contributed by atoms with Gasteiger partial charge in [0.1, 0.15) is 5.78 Å². The minimum atomic E-state index is -1.25. The molecule has 0 aromatic carbocycles. The normalized spacial score (nSPS) is 18.4. The number of thiazole rings is 1. The number of hydrogen-bond donors (Lipinski definition) is 5. The van der Waals surface area contributed by atoms with Crippen molar-refractivity contribution in [1.82, 2.24) is 4.98 Å². The van der Waals surface area contributed by atoms with E-state index < -0.39 is 47.8 Å². The molecule has 37 heavy (non-hydrogen) atoms. The fourth-order valence-electron chi connectivity index (χ4n) is 4.25. The first-order valence-electron chi connectivity index (χ1n) is 12.7. The number of hydrogen-bond acceptors (Lipinski definition) is 10. The highest BCUT2D eigenvalue weighted by molar-refractivity contribution is 7.09. The van der Waals surface area contributed by atoms with E-state index in [1.165, 1.54) is 32.3 Å². The molecule has 0 saturated carbocycles. The number of rotatable bonds is 16. The van der Waals surface area contributed by atoms with Crippen LogP contribution in [0.4, 0.5) is 0 Å². The van der Waals surface area contributed by atoms with Crippen molar-refractivity contribution in [3.05, 3.63) is 21.7 Å². The fourth-order valence-corrected chi connectivity index (χ4v) is 4.83. The van der Waals surface area contributed by atoms with Crippen molar-refractivity contribution in [2.45, 2.75) is 104 Å². The molecule has 0 radical (unpaired) electrons. The molecule has 0 aliphatic carbocycles. The van der Waals surface area contributed by atoms with Crippen molar-refractivity contribution in [2.75, 3.05) is 7.11 Å². The smallest absolute Gasteiger partial charge is 0.308 e. The molecule has 2 unspecified atom stereocenters. The minimum absolute atomic E-state index is 0.0146. The predicted octanol–water partition coefficient (Wildman–Crippen LogP) is 2.65. The highest BCUT2D eigenvalue weighted by Gasteiger charge is 2.42. The molecular weight excluding hydrogens is 498 g/mol. The van der Waals surface area contributed by atoms with Gasteiger partial charge in [0, 0.05) is 17.7 Å². The van der Waals surface area contributed by atoms with Crippen LogP contribution in [0.3, 0.4) is 0 Å². The third-order valence-electron chi connectivity index (χ3n) is 7.17. The van der Waals surface area contributed by atoms with Gasteiger partial charge in [-0.2, -0.15) is 0 Å². The summed E-state index contributed by atoms with van der Waals surface area (Å²) in [5.41, 5.74) is 0.141. The van der Waals surface area contributed by atoms with Crippen LogP contribution in [0.5, 0.6) is 0 Å². The molecule has 1 aromatic rings. The summed E-state index contributed by atoms with van der Waals surface area (Å²) in [4.78, 5) is 28.8. The number of aromatic nitrogens is 1. The van der Waals surface area contributed by atoms with Gasteiger partial charge in [-0.15, -0.1) is 11.3 Å². The molecule has 1 aromatic heterocycles. The highest BCUT2D eigenvalue weighted by atomic mass is 32.1. The van der Waals surface area contributed by atoms with Gasteiger partial charge in [0.05, 0.1) is 60.2 Å². The Morgan fingerprint density at radius 2 is 1.73 bits per heavy atom. The average molecular weight is 544 g/mol. The number of aliphatic hydroxyl groups is 5. The predicted molar refractivity (Wildman–Crippen MR) is 143 cm³/mol. The molecule has 0 spiro atoms. The Hall–Kier alpha value is -1.69. The van der Waals surface area contributed by atoms with Gasteiger partial charge in [0.25, 0.3) is 0 Å². The minimum Gasteiger partial charge on any atom is -0.469 e. The number of carbonyl (C=O) groups excluding carboxylic acids is 2. The van der Waals surface area contributed by atoms with E-state index >= 15 is 0 Å². The Balaban J connectivity index is 2.55. The van der Waals surface area contributed by atoms with E-state index in [9.17, 15) is 35.1 Å². The van der Waals surface area contributed by atoms with E-state index in [4.69, 9.17) is 0 Å². The molecule has 7 atom stereocenters. The molecule has 0 saturated heterocycles. The van der Waals surface area contributed by atoms with Crippen molar-refractivity contribution in [2.24, 2.45) is 17.3 Å². The maximum Gasteiger partial charge on any atom is 0.308 e. The number of aryl methyl sites for hydroxylation is 1. The molecule has 1 rings (SSSR count). The van der Waals surface area contributed by atoms with Crippen LogP contribution in [0.2, 0.25) is 0 Å². The van der Waals surface area contributed by atoms with Crippen LogP contribution in [-0.2, 0) is 14.3 Å². The number of ketones is 1. The van der Waals surface area contributed by atoms with Crippen LogP contribution in [-0.4, -0.2) is 79.9 Å². The lowest BCUT2D eigenvalue weighted by molar-refractivity contribution is -0.149. The second-order valence-electron chi connectivity index (χ2n) is 10.6. The van der Waals surface area contributed by atoms with Crippen molar-refractivity contribution in [3.8, 4) is 0 Å². The Morgan fingerprint density at radius 1 is 1.11 bits per heavy atom. The van der Waals surface area contributed by atoms with Crippen molar-refractivity contribution in [3.63, 3.8) is 0 Å². The van der Waals surface area contributed by atoms with Crippen molar-refractivity contribution < 1.29 is 39.9 Å². The second kappa shape index (κ2) is 15.0. The zero-order valence-electron chi connectivity index (χ0n) is 23.0. The fraction of sp³-hybridized carbons (Fsp3) is 0.741. The molecule has 0 bridgehead atoms. The Morgan fingerprint density at radius 3 is 2.27 bits per heavy atom. The SMILES string of the molecule is COC(=O)C[C@H](O)C(C)(C)C(=O)[C@H](C)[C@@H](O)[C@@H](C)CCCC(O)C(O)C[C@H](O)C(C)=Cc1csc(C)n1. The van der Waals surface area contributed by atoms with E-state index in [1.807, 2.05) is 12.3 Å². The number of nitrogens with zero attached hydrogens (tertiary/aromatic N) is 1. The summed E-state index contributed by atoms with van der Waals surface area (Å²) >= 11 is 1.51. The van der Waals surface area contributed by atoms with E-state index in [-0.39, 0.29) is 31.0 Å². The van der Waals surface area contributed by atoms with Crippen molar-refractivity contribution in [1.29, 1.82) is 0 Å². The Bertz CT molecular complexity index is 899. The van der Waals surface area contributed by atoms with E-state index in [1.54, 1.807) is 26.8 Å².